The number of fused-ring (bicyclic) bond motifs is 1. The molecule has 0 aliphatic carbocycles. The van der Waals surface area contributed by atoms with E-state index in [1.807, 2.05) is 6.07 Å². The number of aryl methyl sites for hydroxylation is 1. The number of carbonyl (C=O) groups is 2. The number of hydrogen-bond acceptors (Lipinski definition) is 4. The van der Waals surface area contributed by atoms with E-state index in [4.69, 9.17) is 0 Å². The molecule has 178 valence electrons. The number of sulfonamides is 1. The highest BCUT2D eigenvalue weighted by molar-refractivity contribution is 7.89. The number of rotatable bonds is 11. The van der Waals surface area contributed by atoms with E-state index >= 15 is 0 Å². The molecule has 1 aliphatic heterocycles. The molecule has 0 aromatic heterocycles. The van der Waals surface area contributed by atoms with Gasteiger partial charge in [-0.1, -0.05) is 57.0 Å². The van der Waals surface area contributed by atoms with Crippen LogP contribution in [-0.4, -0.2) is 38.2 Å². The van der Waals surface area contributed by atoms with Gasteiger partial charge in [0.05, 0.1) is 4.90 Å². The zero-order valence-electron chi connectivity index (χ0n) is 19.3. The SMILES string of the molecule is CCCCN(CCCC)C(=O)[C@H](NS(=O)(=O)c1ccc2c(c1)CCC(=O)N2)c1ccccc1. The maximum Gasteiger partial charge on any atom is 0.245 e. The Bertz CT molecular complexity index is 1060. The topological polar surface area (TPSA) is 95.6 Å². The summed E-state index contributed by atoms with van der Waals surface area (Å²) in [4.78, 5) is 27.1. The third-order valence-electron chi connectivity index (χ3n) is 5.81. The fourth-order valence-corrected chi connectivity index (χ4v) is 5.10. The summed E-state index contributed by atoms with van der Waals surface area (Å²) in [6.45, 7) is 5.33. The van der Waals surface area contributed by atoms with Gasteiger partial charge in [-0.15, -0.1) is 0 Å². The van der Waals surface area contributed by atoms with Crippen LogP contribution in [0.1, 0.15) is 63.1 Å². The second kappa shape index (κ2) is 11.4. The van der Waals surface area contributed by atoms with Crippen LogP contribution in [0.5, 0.6) is 0 Å². The minimum Gasteiger partial charge on any atom is -0.341 e. The van der Waals surface area contributed by atoms with Crippen molar-refractivity contribution < 1.29 is 18.0 Å². The molecule has 0 spiro atoms. The summed E-state index contributed by atoms with van der Waals surface area (Å²) < 4.78 is 29.4. The highest BCUT2D eigenvalue weighted by atomic mass is 32.2. The van der Waals surface area contributed by atoms with Crippen LogP contribution in [0.4, 0.5) is 5.69 Å². The summed E-state index contributed by atoms with van der Waals surface area (Å²) in [5.41, 5.74) is 2.01. The summed E-state index contributed by atoms with van der Waals surface area (Å²) in [5, 5.41) is 2.76. The lowest BCUT2D eigenvalue weighted by Crippen LogP contribution is -2.43. The summed E-state index contributed by atoms with van der Waals surface area (Å²) in [6.07, 6.45) is 4.42. The highest BCUT2D eigenvalue weighted by Crippen LogP contribution is 2.27. The van der Waals surface area contributed by atoms with E-state index in [-0.39, 0.29) is 16.7 Å². The molecule has 1 heterocycles. The molecular formula is C25H33N3O4S. The predicted molar refractivity (Wildman–Crippen MR) is 129 cm³/mol. The molecule has 2 aromatic rings. The van der Waals surface area contributed by atoms with Gasteiger partial charge in [-0.25, -0.2) is 8.42 Å². The molecule has 0 radical (unpaired) electrons. The van der Waals surface area contributed by atoms with Gasteiger partial charge in [-0.2, -0.15) is 4.72 Å². The first-order valence-electron chi connectivity index (χ1n) is 11.6. The first-order chi connectivity index (χ1) is 15.9. The molecule has 2 N–H and O–H groups in total. The lowest BCUT2D eigenvalue weighted by molar-refractivity contribution is -0.133. The third-order valence-corrected chi connectivity index (χ3v) is 7.23. The number of hydrogen-bond donors (Lipinski definition) is 2. The van der Waals surface area contributed by atoms with Crippen molar-refractivity contribution in [2.75, 3.05) is 18.4 Å². The Balaban J connectivity index is 1.91. The van der Waals surface area contributed by atoms with Gasteiger partial charge in [-0.05, 0) is 48.6 Å². The number of carbonyl (C=O) groups excluding carboxylic acids is 2. The second-order valence-electron chi connectivity index (χ2n) is 8.36. The number of anilines is 1. The quantitative estimate of drug-likeness (QED) is 0.517. The van der Waals surface area contributed by atoms with Crippen LogP contribution in [0.25, 0.3) is 0 Å². The summed E-state index contributed by atoms with van der Waals surface area (Å²) in [5.74, 6) is -0.317. The lowest BCUT2D eigenvalue weighted by atomic mass is 10.0. The number of unbranched alkanes of at least 4 members (excludes halogenated alkanes) is 2. The molecular weight excluding hydrogens is 438 g/mol. The molecule has 2 amide bonds. The van der Waals surface area contributed by atoms with Crippen LogP contribution < -0.4 is 10.0 Å². The molecule has 2 aromatic carbocycles. The monoisotopic (exact) mass is 471 g/mol. The molecule has 33 heavy (non-hydrogen) atoms. The van der Waals surface area contributed by atoms with Crippen LogP contribution >= 0.6 is 0 Å². The average molecular weight is 472 g/mol. The van der Waals surface area contributed by atoms with Crippen molar-refractivity contribution in [3.05, 3.63) is 59.7 Å². The van der Waals surface area contributed by atoms with Gasteiger partial charge < -0.3 is 10.2 Å². The zero-order chi connectivity index (χ0) is 23.8. The molecule has 0 unspecified atom stereocenters. The Hall–Kier alpha value is -2.71. The van der Waals surface area contributed by atoms with E-state index in [2.05, 4.69) is 23.9 Å². The van der Waals surface area contributed by atoms with Crippen molar-refractivity contribution >= 4 is 27.5 Å². The van der Waals surface area contributed by atoms with Crippen LogP contribution in [-0.2, 0) is 26.0 Å². The maximum absolute atomic E-state index is 13.6. The van der Waals surface area contributed by atoms with Gasteiger partial charge in [0.15, 0.2) is 0 Å². The Labute approximate surface area is 196 Å². The first-order valence-corrected chi connectivity index (χ1v) is 13.1. The number of nitrogens with one attached hydrogen (secondary N) is 2. The van der Waals surface area contributed by atoms with Gasteiger partial charge in [-0.3, -0.25) is 9.59 Å². The van der Waals surface area contributed by atoms with Gasteiger partial charge in [0, 0.05) is 25.2 Å². The van der Waals surface area contributed by atoms with Crippen LogP contribution in [0.2, 0.25) is 0 Å². The standard InChI is InChI=1S/C25H33N3O4S/c1-3-5-16-28(17-6-4-2)25(30)24(19-10-8-7-9-11-19)27-33(31,32)21-13-14-22-20(18-21)12-15-23(29)26-22/h7-11,13-14,18,24,27H,3-6,12,15-17H2,1-2H3,(H,26,29)/t24-/m1/s1. The molecule has 0 saturated heterocycles. The summed E-state index contributed by atoms with van der Waals surface area (Å²) in [7, 11) is -3.98. The van der Waals surface area contributed by atoms with E-state index in [1.54, 1.807) is 41.3 Å². The minimum atomic E-state index is -3.98. The van der Waals surface area contributed by atoms with Crippen LogP contribution in [0.3, 0.4) is 0 Å². The number of amides is 2. The van der Waals surface area contributed by atoms with Crippen molar-refractivity contribution in [3.8, 4) is 0 Å². The fraction of sp³-hybridized carbons (Fsp3) is 0.440. The van der Waals surface area contributed by atoms with Gasteiger partial charge >= 0.3 is 0 Å². The van der Waals surface area contributed by atoms with Gasteiger partial charge in [0.1, 0.15) is 6.04 Å². The molecule has 1 atom stereocenters. The van der Waals surface area contributed by atoms with Crippen molar-refractivity contribution in [2.45, 2.75) is 63.3 Å². The molecule has 0 bridgehead atoms. The van der Waals surface area contributed by atoms with Crippen molar-refractivity contribution in [1.82, 2.24) is 9.62 Å². The molecule has 1 aliphatic rings. The Kier molecular flexibility index (Phi) is 8.63. The van der Waals surface area contributed by atoms with Crippen molar-refractivity contribution in [2.24, 2.45) is 0 Å². The molecule has 8 heteroatoms. The van der Waals surface area contributed by atoms with E-state index in [9.17, 15) is 18.0 Å². The molecule has 7 nitrogen and oxygen atoms in total. The van der Waals surface area contributed by atoms with Crippen molar-refractivity contribution in [3.63, 3.8) is 0 Å². The Morgan fingerprint density at radius 1 is 1.03 bits per heavy atom. The van der Waals surface area contributed by atoms with Crippen LogP contribution in [0.15, 0.2) is 53.4 Å². The zero-order valence-corrected chi connectivity index (χ0v) is 20.2. The predicted octanol–water partition coefficient (Wildman–Crippen LogP) is 4.02. The van der Waals surface area contributed by atoms with E-state index < -0.39 is 16.1 Å². The Morgan fingerprint density at radius 2 is 1.70 bits per heavy atom. The maximum atomic E-state index is 13.6. The summed E-state index contributed by atoms with van der Waals surface area (Å²) in [6, 6.07) is 12.6. The normalized spacial score (nSPS) is 14.3. The Morgan fingerprint density at radius 3 is 2.33 bits per heavy atom. The van der Waals surface area contributed by atoms with E-state index in [0.29, 0.717) is 37.2 Å². The minimum absolute atomic E-state index is 0.0785. The smallest absolute Gasteiger partial charge is 0.245 e. The molecule has 0 saturated carbocycles. The van der Waals surface area contributed by atoms with Crippen molar-refractivity contribution in [1.29, 1.82) is 0 Å². The average Bonchev–Trinajstić information content (AvgIpc) is 2.82. The fourth-order valence-electron chi connectivity index (χ4n) is 3.87. The number of benzene rings is 2. The van der Waals surface area contributed by atoms with Crippen LogP contribution in [0, 0.1) is 0 Å². The first kappa shape index (κ1) is 24.9. The molecule has 3 rings (SSSR count). The summed E-state index contributed by atoms with van der Waals surface area (Å²) >= 11 is 0. The second-order valence-corrected chi connectivity index (χ2v) is 10.1. The number of nitrogens with zero attached hydrogens (tertiary/aromatic N) is 1. The van der Waals surface area contributed by atoms with E-state index in [1.165, 1.54) is 6.07 Å². The van der Waals surface area contributed by atoms with E-state index in [0.717, 1.165) is 31.2 Å². The third kappa shape index (κ3) is 6.42. The van der Waals surface area contributed by atoms with Gasteiger partial charge in [0.25, 0.3) is 0 Å². The lowest BCUT2D eigenvalue weighted by Gasteiger charge is -2.28. The highest BCUT2D eigenvalue weighted by Gasteiger charge is 2.31. The largest absolute Gasteiger partial charge is 0.341 e. The van der Waals surface area contributed by atoms with Gasteiger partial charge in [0.2, 0.25) is 21.8 Å². The molecule has 0 fully saturated rings.